The molecule has 0 N–H and O–H groups in total. The van der Waals surface area contributed by atoms with E-state index in [1.165, 1.54) is 30.3 Å². The second-order valence-corrected chi connectivity index (χ2v) is 7.14. The number of rotatable bonds is 6. The van der Waals surface area contributed by atoms with Gasteiger partial charge in [-0.05, 0) is 12.1 Å². The molecule has 1 aliphatic heterocycles. The molecule has 0 aromatic heterocycles. The van der Waals surface area contributed by atoms with Crippen LogP contribution in [0.2, 0.25) is 0 Å². The van der Waals surface area contributed by atoms with Crippen LogP contribution < -0.4 is 5.01 Å². The zero-order chi connectivity index (χ0) is 27.3. The number of benzene rings is 2. The molecule has 1 aliphatic rings. The van der Waals surface area contributed by atoms with Crippen molar-refractivity contribution < 1.29 is 53.8 Å². The SMILES string of the molecule is COC.O=C(C(F)F)C1CC(=O)N(c2ccccc2)N=C1c1c(F)c(C(F)F)c(F)c(C(F)F)c1F. The highest BCUT2D eigenvalue weighted by Crippen LogP contribution is 2.39. The molecule has 0 saturated heterocycles. The molecule has 2 aromatic carbocycles. The lowest BCUT2D eigenvalue weighted by Crippen LogP contribution is -2.43. The maximum atomic E-state index is 14.8. The van der Waals surface area contributed by atoms with Gasteiger partial charge in [-0.1, -0.05) is 18.2 Å². The molecule has 0 bridgehead atoms. The summed E-state index contributed by atoms with van der Waals surface area (Å²) < 4.78 is 127. The molecule has 0 saturated carbocycles. The van der Waals surface area contributed by atoms with E-state index < -0.39 is 83.2 Å². The van der Waals surface area contributed by atoms with Gasteiger partial charge in [0.1, 0.15) is 17.5 Å². The van der Waals surface area contributed by atoms with Crippen LogP contribution in [-0.2, 0) is 14.3 Å². The number of halogens is 9. The number of hydrogen-bond acceptors (Lipinski definition) is 4. The normalized spacial score (nSPS) is 15.8. The third kappa shape index (κ3) is 5.69. The molecule has 0 fully saturated rings. The second kappa shape index (κ2) is 12.0. The second-order valence-electron chi connectivity index (χ2n) is 7.14. The maximum Gasteiger partial charge on any atom is 0.296 e. The molecule has 1 atom stereocenters. The van der Waals surface area contributed by atoms with Crippen LogP contribution in [0.4, 0.5) is 45.2 Å². The first-order chi connectivity index (χ1) is 16.9. The van der Waals surface area contributed by atoms with E-state index in [-0.39, 0.29) is 5.69 Å². The number of ether oxygens (including phenoxy) is 1. The smallest absolute Gasteiger partial charge is 0.296 e. The number of hydrogen-bond donors (Lipinski definition) is 0. The van der Waals surface area contributed by atoms with Gasteiger partial charge in [0.2, 0.25) is 11.7 Å². The highest BCUT2D eigenvalue weighted by Gasteiger charge is 2.43. The maximum absolute atomic E-state index is 14.8. The summed E-state index contributed by atoms with van der Waals surface area (Å²) in [5.74, 6) is -12.9. The number of Topliss-reactive ketones (excluding diaryl/α,β-unsaturated/α-hetero) is 1. The molecule has 1 unspecified atom stereocenters. The largest absolute Gasteiger partial charge is 0.388 e. The van der Waals surface area contributed by atoms with Gasteiger partial charge in [0.05, 0.1) is 34.0 Å². The first kappa shape index (κ1) is 28.8. The lowest BCUT2D eigenvalue weighted by atomic mass is 9.86. The van der Waals surface area contributed by atoms with Crippen LogP contribution in [0.3, 0.4) is 0 Å². The fourth-order valence-corrected chi connectivity index (χ4v) is 3.29. The number of carbonyl (C=O) groups excluding carboxylic acids is 2. The van der Waals surface area contributed by atoms with E-state index in [1.807, 2.05) is 0 Å². The highest BCUT2D eigenvalue weighted by molar-refractivity contribution is 6.20. The Morgan fingerprint density at radius 1 is 0.917 bits per heavy atom. The van der Waals surface area contributed by atoms with Crippen molar-refractivity contribution in [2.75, 3.05) is 19.2 Å². The summed E-state index contributed by atoms with van der Waals surface area (Å²) in [6.07, 6.45) is -13.0. The predicted molar refractivity (Wildman–Crippen MR) is 109 cm³/mol. The number of ketones is 1. The van der Waals surface area contributed by atoms with Gasteiger partial charge in [-0.25, -0.2) is 44.5 Å². The van der Waals surface area contributed by atoms with Crippen LogP contribution in [0.5, 0.6) is 0 Å². The van der Waals surface area contributed by atoms with E-state index in [2.05, 4.69) is 9.84 Å². The Balaban J connectivity index is 0.00000145. The third-order valence-corrected chi connectivity index (χ3v) is 4.79. The van der Waals surface area contributed by atoms with Gasteiger partial charge in [-0.2, -0.15) is 5.10 Å². The van der Waals surface area contributed by atoms with Crippen LogP contribution in [0.25, 0.3) is 0 Å². The molecule has 0 radical (unpaired) electrons. The van der Waals surface area contributed by atoms with Crippen LogP contribution in [0.15, 0.2) is 35.4 Å². The number of methoxy groups -OCH3 is 1. The van der Waals surface area contributed by atoms with Gasteiger partial charge in [0, 0.05) is 20.6 Å². The molecule has 5 nitrogen and oxygen atoms in total. The average Bonchev–Trinajstić information content (AvgIpc) is 2.79. The molecular formula is C22H17F9N2O3. The monoisotopic (exact) mass is 528 g/mol. The highest BCUT2D eigenvalue weighted by atomic mass is 19.3. The number of anilines is 1. The molecule has 2 aromatic rings. The standard InChI is InChI=1S/C20H11F9N2O2.C2H6O/c21-13-10(14(22)12(19(26)27)15(23)11(13)18(24)25)16-8(17(33)20(28)29)6-9(32)31(30-16)7-4-2-1-3-5-7;1-3-2/h1-5,8,18-20H,6H2;1-2H3. The molecular weight excluding hydrogens is 511 g/mol. The Kier molecular flexibility index (Phi) is 9.62. The topological polar surface area (TPSA) is 59.0 Å². The zero-order valence-electron chi connectivity index (χ0n) is 18.4. The summed E-state index contributed by atoms with van der Waals surface area (Å²) >= 11 is 0. The first-order valence-corrected chi connectivity index (χ1v) is 9.84. The van der Waals surface area contributed by atoms with Gasteiger partial charge in [0.25, 0.3) is 19.3 Å². The van der Waals surface area contributed by atoms with E-state index >= 15 is 0 Å². The van der Waals surface area contributed by atoms with E-state index in [0.717, 1.165) is 0 Å². The molecule has 1 heterocycles. The Morgan fingerprint density at radius 2 is 1.39 bits per heavy atom. The number of hydrazone groups is 1. The Morgan fingerprint density at radius 3 is 1.81 bits per heavy atom. The summed E-state index contributed by atoms with van der Waals surface area (Å²) in [5, 5.41) is 3.94. The van der Waals surface area contributed by atoms with Gasteiger partial charge >= 0.3 is 0 Å². The van der Waals surface area contributed by atoms with E-state index in [0.29, 0.717) is 5.01 Å². The fourth-order valence-electron chi connectivity index (χ4n) is 3.29. The lowest BCUT2D eigenvalue weighted by Gasteiger charge is -2.29. The molecule has 3 rings (SSSR count). The van der Waals surface area contributed by atoms with Crippen molar-refractivity contribution in [3.05, 3.63) is 64.5 Å². The number of amides is 1. The molecule has 14 heteroatoms. The molecule has 0 spiro atoms. The fraction of sp³-hybridized carbons (Fsp3) is 0.318. The van der Waals surface area contributed by atoms with Crippen LogP contribution in [0.1, 0.15) is 36.0 Å². The van der Waals surface area contributed by atoms with Crippen molar-refractivity contribution >= 4 is 23.1 Å². The minimum atomic E-state index is -4.05. The summed E-state index contributed by atoms with van der Waals surface area (Å²) in [6.45, 7) is 0. The summed E-state index contributed by atoms with van der Waals surface area (Å²) in [7, 11) is 3.25. The first-order valence-electron chi connectivity index (χ1n) is 9.84. The summed E-state index contributed by atoms with van der Waals surface area (Å²) in [4.78, 5) is 24.4. The minimum absolute atomic E-state index is 0.0750. The Labute approximate surface area is 198 Å². The van der Waals surface area contributed by atoms with Gasteiger partial charge < -0.3 is 4.74 Å². The third-order valence-electron chi connectivity index (χ3n) is 4.79. The van der Waals surface area contributed by atoms with E-state index in [4.69, 9.17) is 0 Å². The quantitative estimate of drug-likeness (QED) is 0.444. The molecule has 0 aliphatic carbocycles. The predicted octanol–water partition coefficient (Wildman–Crippen LogP) is 5.83. The summed E-state index contributed by atoms with van der Waals surface area (Å²) in [5.41, 5.74) is -7.74. The van der Waals surface area contributed by atoms with Crippen molar-refractivity contribution in [1.82, 2.24) is 0 Å². The van der Waals surface area contributed by atoms with Crippen molar-refractivity contribution in [3.63, 3.8) is 0 Å². The molecule has 36 heavy (non-hydrogen) atoms. The van der Waals surface area contributed by atoms with Crippen molar-refractivity contribution in [3.8, 4) is 0 Å². The van der Waals surface area contributed by atoms with Gasteiger partial charge in [-0.15, -0.1) is 0 Å². The summed E-state index contributed by atoms with van der Waals surface area (Å²) in [6, 6.07) is 6.77. The number of alkyl halides is 6. The number of nitrogens with zero attached hydrogens (tertiary/aromatic N) is 2. The van der Waals surface area contributed by atoms with Crippen LogP contribution in [-0.4, -0.2) is 38.0 Å². The van der Waals surface area contributed by atoms with E-state index in [9.17, 15) is 49.1 Å². The van der Waals surface area contributed by atoms with Crippen molar-refractivity contribution in [1.29, 1.82) is 0 Å². The van der Waals surface area contributed by atoms with Gasteiger partial charge in [-0.3, -0.25) is 9.59 Å². The van der Waals surface area contributed by atoms with E-state index in [1.54, 1.807) is 14.2 Å². The zero-order valence-corrected chi connectivity index (χ0v) is 18.4. The Hall–Kier alpha value is -3.42. The Bertz CT molecular complexity index is 1110. The lowest BCUT2D eigenvalue weighted by molar-refractivity contribution is -0.134. The van der Waals surface area contributed by atoms with Gasteiger partial charge in [0.15, 0.2) is 0 Å². The molecule has 1 amide bonds. The van der Waals surface area contributed by atoms with Crippen molar-refractivity contribution in [2.45, 2.75) is 25.7 Å². The molecule has 196 valence electrons. The average molecular weight is 528 g/mol. The van der Waals surface area contributed by atoms with Crippen LogP contribution in [0, 0.1) is 23.4 Å². The van der Waals surface area contributed by atoms with Crippen molar-refractivity contribution in [2.24, 2.45) is 11.0 Å². The number of carbonyl (C=O) groups is 2. The minimum Gasteiger partial charge on any atom is -0.388 e. The van der Waals surface area contributed by atoms with Crippen LogP contribution >= 0.6 is 0 Å². The number of para-hydroxylation sites is 1.